The van der Waals surface area contributed by atoms with E-state index < -0.39 is 67.5 Å². The maximum absolute atomic E-state index is 12.5. The first-order chi connectivity index (χ1) is 21.1. The lowest BCUT2D eigenvalue weighted by Gasteiger charge is -2.45. The quantitative estimate of drug-likeness (QED) is 0.123. The summed E-state index contributed by atoms with van der Waals surface area (Å²) in [6.45, 7) is 0.478. The third kappa shape index (κ3) is 10.2. The number of carbonyl (C=O) groups is 1. The molecule has 0 bridgehead atoms. The fourth-order valence-corrected chi connectivity index (χ4v) is 5.99. The number of rotatable bonds is 8. The van der Waals surface area contributed by atoms with Crippen molar-refractivity contribution >= 4 is 5.91 Å². The van der Waals surface area contributed by atoms with Crippen LogP contribution in [0.2, 0.25) is 0 Å². The van der Waals surface area contributed by atoms with Crippen LogP contribution < -0.4 is 34.0 Å². The van der Waals surface area contributed by atoms with Gasteiger partial charge in [0.05, 0.1) is 55.8 Å². The van der Waals surface area contributed by atoms with Gasteiger partial charge in [0, 0.05) is 31.0 Å². The second-order valence-electron chi connectivity index (χ2n) is 12.1. The molecule has 7 unspecified atom stereocenters. The van der Waals surface area contributed by atoms with Crippen LogP contribution in [-0.4, -0.2) is 133 Å². The Morgan fingerprint density at radius 3 is 2.20 bits per heavy atom. The van der Waals surface area contributed by atoms with Crippen molar-refractivity contribution in [1.29, 1.82) is 0 Å². The van der Waals surface area contributed by atoms with Crippen LogP contribution >= 0.6 is 0 Å². The second-order valence-corrected chi connectivity index (χ2v) is 12.1. The van der Waals surface area contributed by atoms with Gasteiger partial charge >= 0.3 is 0 Å². The third-order valence-corrected chi connectivity index (χ3v) is 8.88. The summed E-state index contributed by atoms with van der Waals surface area (Å²) >= 11 is 0. The molecule has 16 heteroatoms. The number of aliphatic hydroxyl groups is 4. The Morgan fingerprint density at radius 1 is 0.909 bits per heavy atom. The zero-order chi connectivity index (χ0) is 32.4. The fourth-order valence-electron chi connectivity index (χ4n) is 5.99. The van der Waals surface area contributed by atoms with Crippen molar-refractivity contribution < 1.29 is 48.9 Å². The third-order valence-electron chi connectivity index (χ3n) is 8.88. The van der Waals surface area contributed by atoms with Crippen molar-refractivity contribution in [3.63, 3.8) is 0 Å². The number of aliphatic hydroxyl groups excluding tert-OH is 4. The minimum atomic E-state index is -0.992. The summed E-state index contributed by atoms with van der Waals surface area (Å²) in [6.07, 6.45) is 0.781. The Morgan fingerprint density at radius 2 is 1.64 bits per heavy atom. The summed E-state index contributed by atoms with van der Waals surface area (Å²) in [7, 11) is 1.50. The Balaban J connectivity index is 0.000000409. The molecule has 0 aromatic rings. The highest BCUT2D eigenvalue weighted by atomic mass is 16.7. The highest BCUT2D eigenvalue weighted by Crippen LogP contribution is 2.33. The molecule has 2 aliphatic carbocycles. The average molecular weight is 637 g/mol. The van der Waals surface area contributed by atoms with E-state index in [2.05, 4.69) is 11.1 Å². The number of nitrogens with one attached hydrogen (secondary N) is 1. The van der Waals surface area contributed by atoms with Gasteiger partial charge in [0.1, 0.15) is 6.10 Å². The number of carbonyl (C=O) groups excluding carboxylic acids is 1. The van der Waals surface area contributed by atoms with Crippen LogP contribution in [0.15, 0.2) is 0 Å². The molecule has 3 saturated heterocycles. The second kappa shape index (κ2) is 18.3. The normalized spacial score (nSPS) is 42.6. The smallest absolute Gasteiger partial charge is 0.223 e. The van der Waals surface area contributed by atoms with E-state index in [0.717, 1.165) is 19.3 Å². The minimum Gasteiger partial charge on any atom is -0.394 e. The van der Waals surface area contributed by atoms with E-state index in [1.165, 1.54) is 7.05 Å². The van der Waals surface area contributed by atoms with E-state index in [9.17, 15) is 15.0 Å². The lowest BCUT2D eigenvalue weighted by molar-refractivity contribution is -0.278. The van der Waals surface area contributed by atoms with E-state index in [0.29, 0.717) is 45.1 Å². The topological polar surface area (TPSA) is 286 Å². The fraction of sp³-hybridized carbons (Fsp3) is 0.964. The number of hydrogen-bond donors (Lipinski definition) is 10. The van der Waals surface area contributed by atoms with Crippen LogP contribution in [-0.2, 0) is 28.5 Å². The SMILES string of the molecule is CN.NCC1O[C@H](O[C@@H]2C(N)CC(NC(=O)C3CCC3)CC2OC2CCC(CO)O2)[C@H](N)C[C@@H]1O.N[C@@H]1C(O)CCO[C@@H]1O. The van der Waals surface area contributed by atoms with Crippen molar-refractivity contribution in [1.82, 2.24) is 5.32 Å². The average Bonchev–Trinajstić information content (AvgIpc) is 3.42. The molecule has 0 radical (unpaired) electrons. The van der Waals surface area contributed by atoms with E-state index in [1.807, 2.05) is 0 Å². The molecule has 44 heavy (non-hydrogen) atoms. The van der Waals surface area contributed by atoms with Gasteiger partial charge in [0.25, 0.3) is 0 Å². The molecule has 3 heterocycles. The summed E-state index contributed by atoms with van der Waals surface area (Å²) in [4.78, 5) is 12.5. The molecule has 1 amide bonds. The molecule has 0 aromatic carbocycles. The molecule has 16 nitrogen and oxygen atoms in total. The molecule has 0 aromatic heterocycles. The monoisotopic (exact) mass is 636 g/mol. The molecular weight excluding hydrogens is 580 g/mol. The van der Waals surface area contributed by atoms with Crippen LogP contribution in [0.5, 0.6) is 0 Å². The lowest BCUT2D eigenvalue weighted by Crippen LogP contribution is -2.61. The number of nitrogens with two attached hydrogens (primary N) is 5. The van der Waals surface area contributed by atoms with Crippen molar-refractivity contribution in [2.75, 3.05) is 26.8 Å². The van der Waals surface area contributed by atoms with Gasteiger partial charge in [-0.1, -0.05) is 6.42 Å². The molecule has 5 aliphatic rings. The predicted molar refractivity (Wildman–Crippen MR) is 158 cm³/mol. The van der Waals surface area contributed by atoms with E-state index >= 15 is 0 Å². The highest BCUT2D eigenvalue weighted by molar-refractivity contribution is 5.79. The molecular formula is C28H56N6O10. The molecule has 15 N–H and O–H groups in total. The van der Waals surface area contributed by atoms with Crippen LogP contribution in [0.4, 0.5) is 0 Å². The maximum Gasteiger partial charge on any atom is 0.223 e. The molecule has 5 rings (SSSR count). The number of ether oxygens (including phenoxy) is 5. The molecule has 2 saturated carbocycles. The lowest BCUT2D eigenvalue weighted by atomic mass is 9.82. The minimum absolute atomic E-state index is 0.0579. The first-order valence-corrected chi connectivity index (χ1v) is 15.8. The van der Waals surface area contributed by atoms with E-state index in [1.54, 1.807) is 0 Å². The first-order valence-electron chi connectivity index (χ1n) is 15.8. The summed E-state index contributed by atoms with van der Waals surface area (Å²) in [5.41, 5.74) is 28.3. The van der Waals surface area contributed by atoms with Gasteiger partial charge in [-0.2, -0.15) is 0 Å². The van der Waals surface area contributed by atoms with E-state index in [4.69, 9.17) is 56.8 Å². The van der Waals surface area contributed by atoms with Crippen molar-refractivity contribution in [2.24, 2.45) is 34.6 Å². The molecule has 13 atom stereocenters. The van der Waals surface area contributed by atoms with Crippen LogP contribution in [0.25, 0.3) is 0 Å². The predicted octanol–water partition coefficient (Wildman–Crippen LogP) is -3.59. The Hall–Kier alpha value is -1.09. The van der Waals surface area contributed by atoms with Gasteiger partial charge in [-0.3, -0.25) is 4.79 Å². The summed E-state index contributed by atoms with van der Waals surface area (Å²) in [6, 6.07) is -1.73. The Kier molecular flexibility index (Phi) is 15.5. The number of hydrogen-bond acceptors (Lipinski definition) is 15. The van der Waals surface area contributed by atoms with E-state index in [-0.39, 0.29) is 37.1 Å². The van der Waals surface area contributed by atoms with Gasteiger partial charge in [-0.15, -0.1) is 0 Å². The Bertz CT molecular complexity index is 837. The van der Waals surface area contributed by atoms with Crippen molar-refractivity contribution in [2.45, 2.75) is 137 Å². The summed E-state index contributed by atoms with van der Waals surface area (Å²) in [5.74, 6) is 0.165. The Labute approximate surface area is 259 Å². The zero-order valence-corrected chi connectivity index (χ0v) is 25.7. The van der Waals surface area contributed by atoms with Gasteiger partial charge < -0.3 is 78.1 Å². The van der Waals surface area contributed by atoms with Gasteiger partial charge in [0.2, 0.25) is 5.91 Å². The first kappa shape index (κ1) is 37.4. The largest absolute Gasteiger partial charge is 0.394 e. The highest BCUT2D eigenvalue weighted by Gasteiger charge is 2.45. The van der Waals surface area contributed by atoms with Crippen LogP contribution in [0.1, 0.15) is 57.8 Å². The van der Waals surface area contributed by atoms with Gasteiger partial charge in [0.15, 0.2) is 18.9 Å². The molecule has 5 fully saturated rings. The van der Waals surface area contributed by atoms with Gasteiger partial charge in [-0.05, 0) is 52.0 Å². The molecule has 0 spiro atoms. The standard InChI is InChI=1S/C22H40N4O7.C5H11NO3.CH5N/c23-9-18-16(28)8-15(25)22(32-18)33-20-14(24)6-12(26-21(29)11-2-1-3-11)7-17(20)31-19-5-4-13(10-27)30-19;6-4-3(7)1-2-9-5(4)8;1-2/h11-20,22,27-28H,1-10,23-25H2,(H,26,29);3-5,7-8H,1-2,6H2;2H2,1H3/t12?,13?,14?,15-,16+,17?,18?,19?,20-,22-;3?,4-,5+;/m11./s1. The van der Waals surface area contributed by atoms with Crippen molar-refractivity contribution in [3.05, 3.63) is 0 Å². The molecule has 258 valence electrons. The molecule has 3 aliphatic heterocycles. The van der Waals surface area contributed by atoms with Gasteiger partial charge in [-0.25, -0.2) is 0 Å². The van der Waals surface area contributed by atoms with Crippen LogP contribution in [0.3, 0.4) is 0 Å². The zero-order valence-electron chi connectivity index (χ0n) is 25.7. The summed E-state index contributed by atoms with van der Waals surface area (Å²) < 4.78 is 28.9. The van der Waals surface area contributed by atoms with Crippen LogP contribution in [0, 0.1) is 5.92 Å². The van der Waals surface area contributed by atoms with Crippen molar-refractivity contribution in [3.8, 4) is 0 Å². The summed E-state index contributed by atoms with van der Waals surface area (Å²) in [5, 5.41) is 40.5. The number of amides is 1. The maximum atomic E-state index is 12.5.